The van der Waals surface area contributed by atoms with Gasteiger partial charge in [0.1, 0.15) is 0 Å². The van der Waals surface area contributed by atoms with Crippen molar-refractivity contribution in [2.75, 3.05) is 6.54 Å². The van der Waals surface area contributed by atoms with Gasteiger partial charge in [0.2, 0.25) is 11.8 Å². The zero-order valence-electron chi connectivity index (χ0n) is 13.1. The molecule has 0 bridgehead atoms. The Balaban J connectivity index is 1.57. The molecule has 0 saturated heterocycles. The molecular formula is C18H16ClN3O2. The number of aryl methyl sites for hydroxylation is 1. The molecule has 0 aliphatic rings. The van der Waals surface area contributed by atoms with E-state index in [0.29, 0.717) is 40.9 Å². The summed E-state index contributed by atoms with van der Waals surface area (Å²) in [4.78, 5) is 12.0. The number of carbonyl (C=O) groups is 1. The van der Waals surface area contributed by atoms with Gasteiger partial charge in [-0.1, -0.05) is 41.4 Å². The van der Waals surface area contributed by atoms with Crippen LogP contribution < -0.4 is 5.32 Å². The number of halogens is 1. The highest BCUT2D eigenvalue weighted by atomic mass is 35.5. The Morgan fingerprint density at radius 3 is 2.62 bits per heavy atom. The fourth-order valence-electron chi connectivity index (χ4n) is 2.19. The molecule has 3 aromatic rings. The predicted molar refractivity (Wildman–Crippen MR) is 92.0 cm³/mol. The SMILES string of the molecule is Cc1ccc(C(=O)NCCc2nnc(-c3ccccc3Cl)o2)cc1. The number of carbonyl (C=O) groups excluding carboxylic acids is 1. The molecule has 24 heavy (non-hydrogen) atoms. The molecule has 122 valence electrons. The normalized spacial score (nSPS) is 10.6. The van der Waals surface area contributed by atoms with Gasteiger partial charge in [-0.3, -0.25) is 4.79 Å². The number of amides is 1. The first-order valence-electron chi connectivity index (χ1n) is 7.55. The average molecular weight is 342 g/mol. The Morgan fingerprint density at radius 2 is 1.88 bits per heavy atom. The van der Waals surface area contributed by atoms with Crippen molar-refractivity contribution in [2.45, 2.75) is 13.3 Å². The summed E-state index contributed by atoms with van der Waals surface area (Å²) in [6.07, 6.45) is 0.453. The number of nitrogens with one attached hydrogen (secondary N) is 1. The molecule has 0 atom stereocenters. The summed E-state index contributed by atoms with van der Waals surface area (Å²) in [6.45, 7) is 2.39. The maximum absolute atomic E-state index is 12.0. The molecule has 0 saturated carbocycles. The molecule has 1 heterocycles. The van der Waals surface area contributed by atoms with Gasteiger partial charge in [-0.15, -0.1) is 10.2 Å². The molecule has 0 aliphatic heterocycles. The lowest BCUT2D eigenvalue weighted by molar-refractivity contribution is 0.0953. The van der Waals surface area contributed by atoms with E-state index in [1.165, 1.54) is 0 Å². The van der Waals surface area contributed by atoms with Crippen molar-refractivity contribution in [1.29, 1.82) is 0 Å². The van der Waals surface area contributed by atoms with Gasteiger partial charge in [0.25, 0.3) is 5.91 Å². The number of aromatic nitrogens is 2. The molecule has 1 N–H and O–H groups in total. The summed E-state index contributed by atoms with van der Waals surface area (Å²) < 4.78 is 5.60. The van der Waals surface area contributed by atoms with E-state index in [2.05, 4.69) is 15.5 Å². The van der Waals surface area contributed by atoms with Gasteiger partial charge in [-0.25, -0.2) is 0 Å². The summed E-state index contributed by atoms with van der Waals surface area (Å²) in [6, 6.07) is 14.7. The first kappa shape index (κ1) is 16.2. The molecule has 0 unspecified atom stereocenters. The van der Waals surface area contributed by atoms with Gasteiger partial charge in [0.15, 0.2) is 0 Å². The monoisotopic (exact) mass is 341 g/mol. The minimum absolute atomic E-state index is 0.124. The second-order valence-corrected chi connectivity index (χ2v) is 5.76. The van der Waals surface area contributed by atoms with E-state index >= 15 is 0 Å². The molecule has 0 spiro atoms. The van der Waals surface area contributed by atoms with Crippen LogP contribution in [-0.2, 0) is 6.42 Å². The largest absolute Gasteiger partial charge is 0.421 e. The molecule has 1 amide bonds. The summed E-state index contributed by atoms with van der Waals surface area (Å²) in [5.41, 5.74) is 2.44. The third kappa shape index (κ3) is 3.81. The molecule has 2 aromatic carbocycles. The summed E-state index contributed by atoms with van der Waals surface area (Å²) in [5.74, 6) is 0.704. The van der Waals surface area contributed by atoms with Crippen LogP contribution in [-0.4, -0.2) is 22.6 Å². The Labute approximate surface area is 144 Å². The van der Waals surface area contributed by atoms with E-state index in [1.54, 1.807) is 18.2 Å². The maximum atomic E-state index is 12.0. The van der Waals surface area contributed by atoms with Gasteiger partial charge < -0.3 is 9.73 Å². The minimum Gasteiger partial charge on any atom is -0.421 e. The van der Waals surface area contributed by atoms with Crippen molar-refractivity contribution >= 4 is 17.5 Å². The van der Waals surface area contributed by atoms with E-state index in [9.17, 15) is 4.79 Å². The van der Waals surface area contributed by atoms with E-state index in [0.717, 1.165) is 5.56 Å². The number of hydrogen-bond donors (Lipinski definition) is 1. The van der Waals surface area contributed by atoms with Gasteiger partial charge in [0, 0.05) is 18.5 Å². The van der Waals surface area contributed by atoms with Crippen molar-refractivity contribution in [3.05, 3.63) is 70.6 Å². The van der Waals surface area contributed by atoms with Crippen molar-refractivity contribution in [2.24, 2.45) is 0 Å². The van der Waals surface area contributed by atoms with Gasteiger partial charge in [0.05, 0.1) is 10.6 Å². The zero-order valence-corrected chi connectivity index (χ0v) is 13.9. The number of rotatable bonds is 5. The maximum Gasteiger partial charge on any atom is 0.251 e. The second-order valence-electron chi connectivity index (χ2n) is 5.35. The van der Waals surface area contributed by atoms with Crippen LogP contribution in [0.15, 0.2) is 52.9 Å². The molecule has 6 heteroatoms. The highest BCUT2D eigenvalue weighted by Crippen LogP contribution is 2.26. The van der Waals surface area contributed by atoms with Crippen LogP contribution in [0.5, 0.6) is 0 Å². The lowest BCUT2D eigenvalue weighted by Crippen LogP contribution is -2.25. The van der Waals surface area contributed by atoms with Crippen LogP contribution in [0, 0.1) is 6.92 Å². The Kier molecular flexibility index (Phi) is 4.91. The zero-order chi connectivity index (χ0) is 16.9. The second kappa shape index (κ2) is 7.27. The third-order valence-electron chi connectivity index (χ3n) is 3.51. The number of hydrogen-bond acceptors (Lipinski definition) is 4. The predicted octanol–water partition coefficient (Wildman–Crippen LogP) is 3.67. The molecule has 0 fully saturated rings. The van der Waals surface area contributed by atoms with E-state index in [1.807, 2.05) is 37.3 Å². The highest BCUT2D eigenvalue weighted by molar-refractivity contribution is 6.33. The van der Waals surface area contributed by atoms with Crippen molar-refractivity contribution in [1.82, 2.24) is 15.5 Å². The summed E-state index contributed by atoms with van der Waals surface area (Å²) in [5, 5.41) is 11.4. The molecule has 0 aliphatic carbocycles. The van der Waals surface area contributed by atoms with Crippen LogP contribution in [0.25, 0.3) is 11.5 Å². The average Bonchev–Trinajstić information content (AvgIpc) is 3.04. The highest BCUT2D eigenvalue weighted by Gasteiger charge is 2.12. The van der Waals surface area contributed by atoms with Crippen LogP contribution in [0.4, 0.5) is 0 Å². The van der Waals surface area contributed by atoms with Crippen molar-refractivity contribution in [3.8, 4) is 11.5 Å². The number of nitrogens with zero attached hydrogens (tertiary/aromatic N) is 2. The van der Waals surface area contributed by atoms with Crippen molar-refractivity contribution < 1.29 is 9.21 Å². The fraction of sp³-hybridized carbons (Fsp3) is 0.167. The Bertz CT molecular complexity index is 843. The third-order valence-corrected chi connectivity index (χ3v) is 3.84. The smallest absolute Gasteiger partial charge is 0.251 e. The quantitative estimate of drug-likeness (QED) is 0.768. The molecule has 0 radical (unpaired) electrons. The van der Waals surface area contributed by atoms with E-state index < -0.39 is 0 Å². The van der Waals surface area contributed by atoms with Crippen LogP contribution >= 0.6 is 11.6 Å². The van der Waals surface area contributed by atoms with Gasteiger partial charge in [-0.2, -0.15) is 0 Å². The fourth-order valence-corrected chi connectivity index (χ4v) is 2.40. The molecule has 3 rings (SSSR count). The topological polar surface area (TPSA) is 68.0 Å². The Hall–Kier alpha value is -2.66. The molecule has 5 nitrogen and oxygen atoms in total. The lowest BCUT2D eigenvalue weighted by Gasteiger charge is -2.03. The van der Waals surface area contributed by atoms with Crippen LogP contribution in [0.2, 0.25) is 5.02 Å². The van der Waals surface area contributed by atoms with E-state index in [-0.39, 0.29) is 5.91 Å². The molecule has 1 aromatic heterocycles. The Morgan fingerprint density at radius 1 is 1.12 bits per heavy atom. The number of benzene rings is 2. The van der Waals surface area contributed by atoms with Gasteiger partial charge >= 0.3 is 0 Å². The standard InChI is InChI=1S/C18H16ClN3O2/c1-12-6-8-13(9-7-12)17(23)20-11-10-16-21-22-18(24-16)14-4-2-3-5-15(14)19/h2-9H,10-11H2,1H3,(H,20,23). The first-order chi connectivity index (χ1) is 11.6. The first-order valence-corrected chi connectivity index (χ1v) is 7.93. The minimum atomic E-state index is -0.124. The van der Waals surface area contributed by atoms with Gasteiger partial charge in [-0.05, 0) is 31.2 Å². The van der Waals surface area contributed by atoms with Crippen molar-refractivity contribution in [3.63, 3.8) is 0 Å². The summed E-state index contributed by atoms with van der Waals surface area (Å²) in [7, 11) is 0. The van der Waals surface area contributed by atoms with Crippen LogP contribution in [0.1, 0.15) is 21.8 Å². The van der Waals surface area contributed by atoms with E-state index in [4.69, 9.17) is 16.0 Å². The van der Waals surface area contributed by atoms with Crippen LogP contribution in [0.3, 0.4) is 0 Å². The summed E-state index contributed by atoms with van der Waals surface area (Å²) >= 11 is 6.11. The lowest BCUT2D eigenvalue weighted by atomic mass is 10.1. The molecular weight excluding hydrogens is 326 g/mol.